The van der Waals surface area contributed by atoms with Crippen LogP contribution in [-0.2, 0) is 13.5 Å². The minimum atomic E-state index is -0.497. The summed E-state index contributed by atoms with van der Waals surface area (Å²) >= 11 is 0. The maximum absolute atomic E-state index is 13.4. The van der Waals surface area contributed by atoms with Gasteiger partial charge in [-0.25, -0.2) is 9.37 Å². The van der Waals surface area contributed by atoms with Crippen LogP contribution in [0.3, 0.4) is 0 Å². The van der Waals surface area contributed by atoms with Crippen molar-refractivity contribution in [1.29, 1.82) is 0 Å². The number of carbonyl (C=O) groups excluding carboxylic acids is 1. The van der Waals surface area contributed by atoms with Gasteiger partial charge in [0.15, 0.2) is 0 Å². The van der Waals surface area contributed by atoms with Crippen LogP contribution in [0, 0.1) is 15.9 Å². The van der Waals surface area contributed by atoms with E-state index in [0.717, 1.165) is 37.3 Å². The first kappa shape index (κ1) is 19.8. The van der Waals surface area contributed by atoms with Gasteiger partial charge in [-0.3, -0.25) is 14.9 Å². The summed E-state index contributed by atoms with van der Waals surface area (Å²) in [5.74, 6) is 0.0145. The summed E-state index contributed by atoms with van der Waals surface area (Å²) in [6.07, 6.45) is 2.52. The molecule has 1 aromatic heterocycles. The summed E-state index contributed by atoms with van der Waals surface area (Å²) in [6.45, 7) is 1.96. The van der Waals surface area contributed by atoms with E-state index in [9.17, 15) is 19.3 Å². The highest BCUT2D eigenvalue weighted by molar-refractivity contribution is 6.00. The second kappa shape index (κ2) is 8.10. The number of benzene rings is 2. The average Bonchev–Trinajstić information content (AvgIpc) is 3.36. The number of nitro groups is 1. The minimum Gasteiger partial charge on any atom is -0.371 e. The van der Waals surface area contributed by atoms with Crippen molar-refractivity contribution in [3.63, 3.8) is 0 Å². The van der Waals surface area contributed by atoms with Gasteiger partial charge >= 0.3 is 0 Å². The van der Waals surface area contributed by atoms with E-state index in [-0.39, 0.29) is 17.4 Å². The molecular formula is C21H22FN5O3. The number of nitro benzene ring substituents is 1. The SMILES string of the molecule is Cn1c(CCNC(=O)c2cc([N+](=O)[O-])ccc2N2CCCC2)nc2cc(F)ccc21. The van der Waals surface area contributed by atoms with E-state index in [1.807, 2.05) is 11.6 Å². The molecule has 1 N–H and O–H groups in total. The zero-order chi connectivity index (χ0) is 21.3. The van der Waals surface area contributed by atoms with Gasteiger partial charge in [-0.05, 0) is 31.0 Å². The first-order chi connectivity index (χ1) is 14.4. The number of nitrogens with zero attached hydrogens (tertiary/aromatic N) is 4. The van der Waals surface area contributed by atoms with E-state index in [2.05, 4.69) is 15.2 Å². The van der Waals surface area contributed by atoms with E-state index in [1.165, 1.54) is 24.3 Å². The van der Waals surface area contributed by atoms with Crippen molar-refractivity contribution in [3.05, 3.63) is 63.7 Å². The molecule has 0 bridgehead atoms. The quantitative estimate of drug-likeness (QED) is 0.497. The Bertz CT molecular complexity index is 1120. The fraction of sp³-hybridized carbons (Fsp3) is 0.333. The van der Waals surface area contributed by atoms with Crippen molar-refractivity contribution in [2.24, 2.45) is 7.05 Å². The molecular weight excluding hydrogens is 389 g/mol. The fourth-order valence-electron chi connectivity index (χ4n) is 3.88. The highest BCUT2D eigenvalue weighted by Crippen LogP contribution is 2.28. The first-order valence-corrected chi connectivity index (χ1v) is 9.86. The maximum Gasteiger partial charge on any atom is 0.270 e. The number of hydrogen-bond acceptors (Lipinski definition) is 5. The predicted octanol–water partition coefficient (Wildman–Crippen LogP) is 3.19. The maximum atomic E-state index is 13.4. The number of halogens is 1. The lowest BCUT2D eigenvalue weighted by molar-refractivity contribution is -0.384. The van der Waals surface area contributed by atoms with E-state index in [4.69, 9.17) is 0 Å². The van der Waals surface area contributed by atoms with Crippen LogP contribution >= 0.6 is 0 Å². The highest BCUT2D eigenvalue weighted by Gasteiger charge is 2.22. The Hall–Kier alpha value is -3.49. The molecule has 8 nitrogen and oxygen atoms in total. The van der Waals surface area contributed by atoms with Gasteiger partial charge in [0.05, 0.1) is 27.2 Å². The van der Waals surface area contributed by atoms with Gasteiger partial charge in [0.1, 0.15) is 11.6 Å². The Morgan fingerprint density at radius 1 is 1.23 bits per heavy atom. The monoisotopic (exact) mass is 411 g/mol. The van der Waals surface area contributed by atoms with E-state index >= 15 is 0 Å². The summed E-state index contributed by atoms with van der Waals surface area (Å²) < 4.78 is 15.3. The number of carbonyl (C=O) groups is 1. The lowest BCUT2D eigenvalue weighted by Gasteiger charge is -2.20. The molecule has 0 spiro atoms. The smallest absolute Gasteiger partial charge is 0.270 e. The molecule has 2 aromatic carbocycles. The molecule has 1 fully saturated rings. The molecule has 0 aliphatic carbocycles. The molecule has 4 rings (SSSR count). The molecule has 0 saturated carbocycles. The molecule has 1 aliphatic rings. The van der Waals surface area contributed by atoms with Gasteiger partial charge in [-0.15, -0.1) is 0 Å². The largest absolute Gasteiger partial charge is 0.371 e. The topological polar surface area (TPSA) is 93.3 Å². The molecule has 0 unspecified atom stereocenters. The molecule has 0 radical (unpaired) electrons. The van der Waals surface area contributed by atoms with Crippen molar-refractivity contribution in [2.75, 3.05) is 24.5 Å². The van der Waals surface area contributed by atoms with Crippen LogP contribution in [0.4, 0.5) is 15.8 Å². The number of aryl methyl sites for hydroxylation is 1. The Morgan fingerprint density at radius 2 is 2.00 bits per heavy atom. The van der Waals surface area contributed by atoms with Crippen molar-refractivity contribution >= 4 is 28.3 Å². The van der Waals surface area contributed by atoms with Crippen molar-refractivity contribution < 1.29 is 14.1 Å². The first-order valence-electron chi connectivity index (χ1n) is 9.86. The lowest BCUT2D eigenvalue weighted by Crippen LogP contribution is -2.29. The fourth-order valence-corrected chi connectivity index (χ4v) is 3.88. The predicted molar refractivity (Wildman–Crippen MR) is 111 cm³/mol. The van der Waals surface area contributed by atoms with Crippen molar-refractivity contribution in [3.8, 4) is 0 Å². The van der Waals surface area contributed by atoms with Gasteiger partial charge in [-0.1, -0.05) is 0 Å². The van der Waals surface area contributed by atoms with Crippen LogP contribution in [-0.4, -0.2) is 40.0 Å². The zero-order valence-corrected chi connectivity index (χ0v) is 16.6. The average molecular weight is 411 g/mol. The van der Waals surface area contributed by atoms with E-state index in [1.54, 1.807) is 12.1 Å². The van der Waals surface area contributed by atoms with Crippen LogP contribution < -0.4 is 10.2 Å². The summed E-state index contributed by atoms with van der Waals surface area (Å²) in [5.41, 5.74) is 2.29. The van der Waals surface area contributed by atoms with Gasteiger partial charge in [0, 0.05) is 51.3 Å². The second-order valence-corrected chi connectivity index (χ2v) is 7.38. The number of rotatable bonds is 6. The molecule has 3 aromatic rings. The van der Waals surface area contributed by atoms with Crippen LogP contribution in [0.25, 0.3) is 11.0 Å². The third kappa shape index (κ3) is 3.83. The van der Waals surface area contributed by atoms with Gasteiger partial charge in [-0.2, -0.15) is 0 Å². The summed E-state index contributed by atoms with van der Waals surface area (Å²) in [4.78, 5) is 30.0. The summed E-state index contributed by atoms with van der Waals surface area (Å²) in [7, 11) is 1.84. The normalized spacial score (nSPS) is 13.7. The number of hydrogen-bond donors (Lipinski definition) is 1. The van der Waals surface area contributed by atoms with E-state index < -0.39 is 4.92 Å². The Labute approximate surface area is 172 Å². The van der Waals surface area contributed by atoms with Gasteiger partial charge in [0.2, 0.25) is 0 Å². The van der Waals surface area contributed by atoms with Gasteiger partial charge in [0.25, 0.3) is 11.6 Å². The molecule has 1 aliphatic heterocycles. The Morgan fingerprint density at radius 3 is 2.73 bits per heavy atom. The number of non-ortho nitro benzene ring substituents is 1. The number of amides is 1. The van der Waals surface area contributed by atoms with Crippen LogP contribution in [0.2, 0.25) is 0 Å². The molecule has 2 heterocycles. The highest BCUT2D eigenvalue weighted by atomic mass is 19.1. The zero-order valence-electron chi connectivity index (χ0n) is 16.6. The molecule has 1 saturated heterocycles. The summed E-state index contributed by atoms with van der Waals surface area (Å²) in [6, 6.07) is 8.86. The number of imidazole rings is 1. The van der Waals surface area contributed by atoms with Crippen LogP contribution in [0.15, 0.2) is 36.4 Å². The van der Waals surface area contributed by atoms with Gasteiger partial charge < -0.3 is 14.8 Å². The standard InChI is InChI=1S/C21H22FN5O3/c1-25-19-6-4-14(22)12-17(19)24-20(25)8-9-23-21(28)16-13-15(27(29)30)5-7-18(16)26-10-2-3-11-26/h4-7,12-13H,2-3,8-11H2,1H3,(H,23,28). The van der Waals surface area contributed by atoms with Crippen LogP contribution in [0.1, 0.15) is 29.0 Å². The molecule has 0 atom stereocenters. The Kier molecular flexibility index (Phi) is 5.35. The number of fused-ring (bicyclic) bond motifs is 1. The number of anilines is 1. The van der Waals surface area contributed by atoms with Crippen molar-refractivity contribution in [1.82, 2.24) is 14.9 Å². The molecule has 1 amide bonds. The minimum absolute atomic E-state index is 0.111. The third-order valence-electron chi connectivity index (χ3n) is 5.45. The second-order valence-electron chi connectivity index (χ2n) is 7.38. The lowest BCUT2D eigenvalue weighted by atomic mass is 10.1. The number of nitrogens with one attached hydrogen (secondary N) is 1. The third-order valence-corrected chi connectivity index (χ3v) is 5.45. The molecule has 9 heteroatoms. The summed E-state index contributed by atoms with van der Waals surface area (Å²) in [5, 5.41) is 14.0. The molecule has 156 valence electrons. The molecule has 30 heavy (non-hydrogen) atoms. The van der Waals surface area contributed by atoms with E-state index in [0.29, 0.717) is 29.7 Å². The number of aromatic nitrogens is 2. The van der Waals surface area contributed by atoms with Crippen LogP contribution in [0.5, 0.6) is 0 Å². The Balaban J connectivity index is 1.50. The van der Waals surface area contributed by atoms with Crippen molar-refractivity contribution in [2.45, 2.75) is 19.3 Å².